The van der Waals surface area contributed by atoms with Crippen LogP contribution in [0.4, 0.5) is 5.82 Å². The molecule has 0 aliphatic carbocycles. The van der Waals surface area contributed by atoms with Crippen LogP contribution in [-0.2, 0) is 4.74 Å². The van der Waals surface area contributed by atoms with Crippen LogP contribution < -0.4 is 10.2 Å². The van der Waals surface area contributed by atoms with Gasteiger partial charge in [0.25, 0.3) is 5.91 Å². The lowest BCUT2D eigenvalue weighted by Gasteiger charge is -2.29. The molecule has 162 valence electrons. The van der Waals surface area contributed by atoms with E-state index >= 15 is 0 Å². The molecule has 8 heteroatoms. The van der Waals surface area contributed by atoms with Gasteiger partial charge in [0.1, 0.15) is 5.82 Å². The van der Waals surface area contributed by atoms with Gasteiger partial charge >= 0.3 is 0 Å². The highest BCUT2D eigenvalue weighted by molar-refractivity contribution is 5.96. The number of hydrogen-bond acceptors (Lipinski definition) is 7. The first-order chi connectivity index (χ1) is 14.6. The number of anilines is 1. The second kappa shape index (κ2) is 9.66. The first kappa shape index (κ1) is 20.9. The Kier molecular flexibility index (Phi) is 6.74. The molecule has 2 aromatic rings. The fourth-order valence-corrected chi connectivity index (χ4v) is 4.30. The average Bonchev–Trinajstić information content (AvgIpc) is 2.77. The zero-order valence-corrected chi connectivity index (χ0v) is 18.1. The zero-order chi connectivity index (χ0) is 20.9. The van der Waals surface area contributed by atoms with Crippen molar-refractivity contribution in [3.8, 4) is 0 Å². The quantitative estimate of drug-likeness (QED) is 0.727. The molecule has 1 N–H and O–H groups in total. The summed E-state index contributed by atoms with van der Waals surface area (Å²) in [6, 6.07) is 2.06. The zero-order valence-electron chi connectivity index (χ0n) is 18.1. The molecule has 2 aliphatic rings. The molecule has 30 heavy (non-hydrogen) atoms. The summed E-state index contributed by atoms with van der Waals surface area (Å²) in [4.78, 5) is 31.3. The number of carbonyl (C=O) groups is 1. The molecule has 2 aromatic heterocycles. The Morgan fingerprint density at radius 1 is 1.07 bits per heavy atom. The van der Waals surface area contributed by atoms with Crippen LogP contribution in [0, 0.1) is 13.8 Å². The standard InChI is InChI=1S/C22H32N6O2/c1-16-15-17(2)24-19-18(16)21(28-9-4-3-5-10-28)26-20(25-19)22(29)23-7-6-8-27-11-13-30-14-12-27/h15H,3-14H2,1-2H3,(H,23,29). The molecule has 2 fully saturated rings. The average molecular weight is 413 g/mol. The molecule has 0 saturated carbocycles. The molecule has 2 aliphatic heterocycles. The molecule has 0 bridgehead atoms. The molecule has 0 atom stereocenters. The summed E-state index contributed by atoms with van der Waals surface area (Å²) in [5, 5.41) is 3.96. The fraction of sp³-hybridized carbons (Fsp3) is 0.636. The number of piperidine rings is 1. The first-order valence-electron chi connectivity index (χ1n) is 11.1. The van der Waals surface area contributed by atoms with Crippen molar-refractivity contribution < 1.29 is 9.53 Å². The van der Waals surface area contributed by atoms with E-state index < -0.39 is 0 Å². The van der Waals surface area contributed by atoms with Gasteiger partial charge in [0.2, 0.25) is 5.82 Å². The normalized spacial score (nSPS) is 18.0. The highest BCUT2D eigenvalue weighted by atomic mass is 16.5. The predicted octanol–water partition coefficient (Wildman–Crippen LogP) is 2.08. The van der Waals surface area contributed by atoms with Gasteiger partial charge in [0, 0.05) is 38.4 Å². The maximum absolute atomic E-state index is 12.8. The molecule has 1 amide bonds. The highest BCUT2D eigenvalue weighted by Gasteiger charge is 2.22. The molecule has 4 heterocycles. The number of carbonyl (C=O) groups excluding carboxylic acids is 1. The third-order valence-electron chi connectivity index (χ3n) is 5.87. The van der Waals surface area contributed by atoms with Gasteiger partial charge in [-0.25, -0.2) is 15.0 Å². The fourth-order valence-electron chi connectivity index (χ4n) is 4.30. The number of hydrogen-bond donors (Lipinski definition) is 1. The Balaban J connectivity index is 1.50. The Morgan fingerprint density at radius 2 is 1.83 bits per heavy atom. The summed E-state index contributed by atoms with van der Waals surface area (Å²) in [7, 11) is 0. The monoisotopic (exact) mass is 412 g/mol. The smallest absolute Gasteiger partial charge is 0.289 e. The lowest BCUT2D eigenvalue weighted by molar-refractivity contribution is 0.0374. The van der Waals surface area contributed by atoms with E-state index in [0.717, 1.165) is 87.7 Å². The van der Waals surface area contributed by atoms with E-state index in [9.17, 15) is 4.79 Å². The van der Waals surface area contributed by atoms with Crippen LogP contribution in [0.25, 0.3) is 11.0 Å². The molecule has 0 unspecified atom stereocenters. The van der Waals surface area contributed by atoms with E-state index in [1.54, 1.807) is 0 Å². The minimum atomic E-state index is -0.224. The summed E-state index contributed by atoms with van der Waals surface area (Å²) >= 11 is 0. The molecule has 0 spiro atoms. The molecule has 2 saturated heterocycles. The first-order valence-corrected chi connectivity index (χ1v) is 11.1. The molecule has 8 nitrogen and oxygen atoms in total. The SMILES string of the molecule is Cc1cc(C)c2c(N3CCCCC3)nc(C(=O)NCCCN3CCOCC3)nc2n1. The van der Waals surface area contributed by atoms with E-state index in [0.29, 0.717) is 12.2 Å². The van der Waals surface area contributed by atoms with Gasteiger partial charge < -0.3 is 15.0 Å². The van der Waals surface area contributed by atoms with Crippen LogP contribution in [0.5, 0.6) is 0 Å². The van der Waals surface area contributed by atoms with Crippen molar-refractivity contribution in [1.29, 1.82) is 0 Å². The third-order valence-corrected chi connectivity index (χ3v) is 5.87. The van der Waals surface area contributed by atoms with Crippen molar-refractivity contribution in [3.05, 3.63) is 23.1 Å². The number of aryl methyl sites for hydroxylation is 2. The number of fused-ring (bicyclic) bond motifs is 1. The summed E-state index contributed by atoms with van der Waals surface area (Å²) in [6.07, 6.45) is 4.43. The van der Waals surface area contributed by atoms with Crippen LogP contribution in [-0.4, -0.2) is 78.2 Å². The number of aromatic nitrogens is 3. The number of ether oxygens (including phenoxy) is 1. The van der Waals surface area contributed by atoms with Crippen molar-refractivity contribution in [2.24, 2.45) is 0 Å². The Bertz CT molecular complexity index is 891. The van der Waals surface area contributed by atoms with Gasteiger partial charge in [0.05, 0.1) is 18.6 Å². The van der Waals surface area contributed by atoms with E-state index in [1.807, 2.05) is 6.92 Å². The number of nitrogens with zero attached hydrogens (tertiary/aromatic N) is 5. The molecular formula is C22H32N6O2. The number of rotatable bonds is 6. The second-order valence-electron chi connectivity index (χ2n) is 8.26. The van der Waals surface area contributed by atoms with Crippen LogP contribution in [0.3, 0.4) is 0 Å². The molecular weight excluding hydrogens is 380 g/mol. The molecule has 0 aromatic carbocycles. The van der Waals surface area contributed by atoms with Gasteiger partial charge in [-0.1, -0.05) is 0 Å². The largest absolute Gasteiger partial charge is 0.379 e. The Morgan fingerprint density at radius 3 is 2.60 bits per heavy atom. The highest BCUT2D eigenvalue weighted by Crippen LogP contribution is 2.28. The lowest BCUT2D eigenvalue weighted by Crippen LogP contribution is -2.38. The van der Waals surface area contributed by atoms with E-state index in [1.165, 1.54) is 6.42 Å². The van der Waals surface area contributed by atoms with E-state index in [2.05, 4.69) is 38.1 Å². The van der Waals surface area contributed by atoms with Gasteiger partial charge in [-0.15, -0.1) is 0 Å². The van der Waals surface area contributed by atoms with Crippen LogP contribution >= 0.6 is 0 Å². The van der Waals surface area contributed by atoms with Gasteiger partial charge in [-0.2, -0.15) is 0 Å². The van der Waals surface area contributed by atoms with Crippen molar-refractivity contribution in [2.75, 3.05) is 57.4 Å². The minimum Gasteiger partial charge on any atom is -0.379 e. The van der Waals surface area contributed by atoms with Crippen LogP contribution in [0.1, 0.15) is 47.6 Å². The van der Waals surface area contributed by atoms with Gasteiger partial charge in [-0.3, -0.25) is 9.69 Å². The number of amides is 1. The van der Waals surface area contributed by atoms with Crippen molar-refractivity contribution in [1.82, 2.24) is 25.2 Å². The van der Waals surface area contributed by atoms with Gasteiger partial charge in [-0.05, 0) is 57.7 Å². The summed E-state index contributed by atoms with van der Waals surface area (Å²) in [5.74, 6) is 0.841. The van der Waals surface area contributed by atoms with Crippen LogP contribution in [0.15, 0.2) is 6.07 Å². The summed E-state index contributed by atoms with van der Waals surface area (Å²) in [6.45, 7) is 11.0. The van der Waals surface area contributed by atoms with E-state index in [-0.39, 0.29) is 11.7 Å². The number of nitrogens with one attached hydrogen (secondary N) is 1. The minimum absolute atomic E-state index is 0.215. The number of morpholine rings is 1. The maximum Gasteiger partial charge on any atom is 0.289 e. The van der Waals surface area contributed by atoms with Crippen molar-refractivity contribution in [3.63, 3.8) is 0 Å². The number of pyridine rings is 1. The third kappa shape index (κ3) is 4.87. The Hall–Kier alpha value is -2.32. The lowest BCUT2D eigenvalue weighted by atomic mass is 10.1. The Labute approximate surface area is 178 Å². The molecule has 4 rings (SSSR count). The predicted molar refractivity (Wildman–Crippen MR) is 117 cm³/mol. The maximum atomic E-state index is 12.8. The second-order valence-corrected chi connectivity index (χ2v) is 8.26. The topological polar surface area (TPSA) is 83.5 Å². The van der Waals surface area contributed by atoms with Crippen molar-refractivity contribution >= 4 is 22.8 Å². The van der Waals surface area contributed by atoms with Gasteiger partial charge in [0.15, 0.2) is 5.65 Å². The van der Waals surface area contributed by atoms with Crippen molar-refractivity contribution in [2.45, 2.75) is 39.5 Å². The summed E-state index contributed by atoms with van der Waals surface area (Å²) in [5.41, 5.74) is 2.62. The molecule has 0 radical (unpaired) electrons. The van der Waals surface area contributed by atoms with Crippen LogP contribution in [0.2, 0.25) is 0 Å². The summed E-state index contributed by atoms with van der Waals surface area (Å²) < 4.78 is 5.38. The van der Waals surface area contributed by atoms with E-state index in [4.69, 9.17) is 9.72 Å².